The minimum atomic E-state index is -3.60. The number of anilines is 3. The van der Waals surface area contributed by atoms with Gasteiger partial charge in [-0.1, -0.05) is 6.07 Å². The lowest BCUT2D eigenvalue weighted by Gasteiger charge is -2.27. The third-order valence-electron chi connectivity index (χ3n) is 8.02. The summed E-state index contributed by atoms with van der Waals surface area (Å²) in [6.07, 6.45) is 2.74. The molecule has 1 saturated carbocycles. The van der Waals surface area contributed by atoms with Crippen molar-refractivity contribution in [1.82, 2.24) is 9.88 Å². The highest BCUT2D eigenvalue weighted by Crippen LogP contribution is 2.37. The van der Waals surface area contributed by atoms with Crippen molar-refractivity contribution in [3.63, 3.8) is 0 Å². The summed E-state index contributed by atoms with van der Waals surface area (Å²) in [5.41, 5.74) is 8.60. The fraction of sp³-hybridized carbons (Fsp3) is 0.281. The van der Waals surface area contributed by atoms with Gasteiger partial charge in [-0.15, -0.1) is 0 Å². The highest BCUT2D eigenvalue weighted by Gasteiger charge is 2.38. The zero-order valence-corrected chi connectivity index (χ0v) is 25.1. The molecule has 4 aromatic rings. The van der Waals surface area contributed by atoms with Crippen molar-refractivity contribution in [1.29, 1.82) is 0 Å². The molecule has 1 aromatic heterocycles. The number of benzene rings is 3. The van der Waals surface area contributed by atoms with Crippen LogP contribution in [0.4, 0.5) is 21.6 Å². The van der Waals surface area contributed by atoms with Crippen molar-refractivity contribution >= 4 is 49.6 Å². The first-order valence-corrected chi connectivity index (χ1v) is 15.8. The van der Waals surface area contributed by atoms with Gasteiger partial charge in [0.15, 0.2) is 9.84 Å². The van der Waals surface area contributed by atoms with E-state index in [1.807, 2.05) is 12.1 Å². The second kappa shape index (κ2) is 11.4. The molecule has 12 heteroatoms. The van der Waals surface area contributed by atoms with Gasteiger partial charge < -0.3 is 26.0 Å². The molecule has 1 fully saturated rings. The lowest BCUT2D eigenvalue weighted by Crippen LogP contribution is -2.35. The van der Waals surface area contributed by atoms with Gasteiger partial charge in [0.2, 0.25) is 11.8 Å². The number of nitrogens with two attached hydrogens (primary N) is 1. The smallest absolute Gasteiger partial charge is 0.249 e. The number of nitrogens with one attached hydrogen (secondary N) is 2. The number of carbonyl (C=O) groups excluding carboxylic acids is 2. The van der Waals surface area contributed by atoms with Gasteiger partial charge in [-0.3, -0.25) is 9.59 Å². The van der Waals surface area contributed by atoms with Crippen LogP contribution in [0.25, 0.3) is 10.8 Å². The van der Waals surface area contributed by atoms with Gasteiger partial charge in [-0.2, -0.15) is 0 Å². The van der Waals surface area contributed by atoms with Gasteiger partial charge in [0.05, 0.1) is 23.5 Å². The third kappa shape index (κ3) is 5.77. The van der Waals surface area contributed by atoms with Crippen LogP contribution in [0.15, 0.2) is 65.7 Å². The Hall–Kier alpha value is -4.71. The summed E-state index contributed by atoms with van der Waals surface area (Å²) in [4.78, 5) is 32.6. The zero-order valence-electron chi connectivity index (χ0n) is 24.3. The summed E-state index contributed by atoms with van der Waals surface area (Å²) < 4.78 is 46.9. The number of sulfone groups is 1. The first-order valence-electron chi connectivity index (χ1n) is 14.2. The molecule has 3 aromatic carbocycles. The quantitative estimate of drug-likeness (QED) is 0.295. The van der Waals surface area contributed by atoms with Crippen LogP contribution in [-0.4, -0.2) is 49.5 Å². The van der Waals surface area contributed by atoms with Crippen molar-refractivity contribution in [2.24, 2.45) is 0 Å². The van der Waals surface area contributed by atoms with Crippen molar-refractivity contribution in [3.8, 4) is 5.75 Å². The van der Waals surface area contributed by atoms with Crippen LogP contribution < -0.4 is 21.1 Å². The summed E-state index contributed by atoms with van der Waals surface area (Å²) in [6.45, 7) is -0.0343. The van der Waals surface area contributed by atoms with E-state index < -0.39 is 26.9 Å². The molecule has 228 valence electrons. The molecule has 0 spiro atoms. The maximum Gasteiger partial charge on any atom is 0.249 e. The average Bonchev–Trinajstić information content (AvgIpc) is 3.86. The van der Waals surface area contributed by atoms with Crippen LogP contribution in [0.3, 0.4) is 0 Å². The number of methoxy groups -OCH3 is 1. The largest absolute Gasteiger partial charge is 0.497 e. The topological polar surface area (TPSA) is 144 Å². The first-order chi connectivity index (χ1) is 21.0. The maximum atomic E-state index is 14.7. The van der Waals surface area contributed by atoms with Crippen molar-refractivity contribution in [2.75, 3.05) is 30.5 Å². The number of carbonyl (C=O) groups is 2. The molecule has 1 aliphatic carbocycles. The van der Waals surface area contributed by atoms with E-state index in [1.54, 1.807) is 43.4 Å². The standard InChI is InChI=1S/C32H32FN5O5S/c1-38-17-20-13-21(5-9-28(20)44(41,42)24-6-7-24)36-29(39)10-3-18-11-19(14-23(12-18)43-2)30(32(38)40)37-22-4-8-25-26(15-22)27(33)16-35-31(25)34/h4-5,8-9,11-16,24,30,37H,3,6-7,10,17H2,1-2H3,(H2,34,35)(H,36,39). The normalized spacial score (nSPS) is 17.6. The number of nitrogen functional groups attached to an aromatic ring is 1. The molecule has 0 saturated heterocycles. The lowest BCUT2D eigenvalue weighted by atomic mass is 9.98. The number of aryl methyl sites for hydroxylation is 1. The molecule has 1 atom stereocenters. The third-order valence-corrected chi connectivity index (χ3v) is 10.4. The molecule has 4 N–H and O–H groups in total. The molecule has 0 radical (unpaired) electrons. The monoisotopic (exact) mass is 617 g/mol. The van der Waals surface area contributed by atoms with Crippen LogP contribution in [0, 0.1) is 5.82 Å². The number of fused-ring (bicyclic) bond motifs is 5. The maximum absolute atomic E-state index is 14.7. The molecule has 2 heterocycles. The van der Waals surface area contributed by atoms with Crippen molar-refractivity contribution < 1.29 is 27.1 Å². The Labute approximate surface area is 254 Å². The molecular formula is C32H32FN5O5S. The number of ether oxygens (including phenoxy) is 1. The summed E-state index contributed by atoms with van der Waals surface area (Å²) >= 11 is 0. The van der Waals surface area contributed by atoms with Crippen molar-refractivity contribution in [2.45, 2.75) is 48.4 Å². The highest BCUT2D eigenvalue weighted by molar-refractivity contribution is 7.92. The van der Waals surface area contributed by atoms with Gasteiger partial charge in [0.1, 0.15) is 23.4 Å². The predicted molar refractivity (Wildman–Crippen MR) is 166 cm³/mol. The molecular weight excluding hydrogens is 585 g/mol. The van der Waals surface area contributed by atoms with E-state index in [4.69, 9.17) is 10.5 Å². The minimum Gasteiger partial charge on any atom is -0.497 e. The van der Waals surface area contributed by atoms with Crippen LogP contribution in [-0.2, 0) is 32.4 Å². The molecule has 2 aliphatic rings. The molecule has 2 amide bonds. The van der Waals surface area contributed by atoms with E-state index in [1.165, 1.54) is 18.1 Å². The average molecular weight is 618 g/mol. The van der Waals surface area contributed by atoms with Gasteiger partial charge in [-0.05, 0) is 84.5 Å². The highest BCUT2D eigenvalue weighted by atomic mass is 32.2. The van der Waals surface area contributed by atoms with E-state index in [-0.39, 0.29) is 40.9 Å². The Bertz CT molecular complexity index is 1910. The van der Waals surface area contributed by atoms with Crippen LogP contribution in [0.5, 0.6) is 5.75 Å². The van der Waals surface area contributed by atoms with Gasteiger partial charge in [0, 0.05) is 42.2 Å². The van der Waals surface area contributed by atoms with E-state index in [0.29, 0.717) is 52.9 Å². The Morgan fingerprint density at radius 3 is 2.59 bits per heavy atom. The summed E-state index contributed by atoms with van der Waals surface area (Å²) in [5.74, 6) is -0.471. The van der Waals surface area contributed by atoms with E-state index in [2.05, 4.69) is 15.6 Å². The molecule has 1 aliphatic heterocycles. The Balaban J connectivity index is 1.45. The van der Waals surface area contributed by atoms with E-state index in [0.717, 1.165) is 11.8 Å². The molecule has 44 heavy (non-hydrogen) atoms. The predicted octanol–water partition coefficient (Wildman–Crippen LogP) is 4.60. The van der Waals surface area contributed by atoms with Gasteiger partial charge in [0.25, 0.3) is 0 Å². The van der Waals surface area contributed by atoms with Gasteiger partial charge >= 0.3 is 0 Å². The number of halogens is 1. The number of nitrogens with zero attached hydrogens (tertiary/aromatic N) is 2. The Morgan fingerprint density at radius 1 is 1.05 bits per heavy atom. The number of hydrogen-bond acceptors (Lipinski definition) is 8. The zero-order chi connectivity index (χ0) is 31.2. The van der Waals surface area contributed by atoms with Crippen molar-refractivity contribution in [3.05, 3.63) is 83.3 Å². The number of aromatic nitrogens is 1. The molecule has 1 unspecified atom stereocenters. The van der Waals surface area contributed by atoms with Gasteiger partial charge in [-0.25, -0.2) is 17.8 Å². The summed E-state index contributed by atoms with van der Waals surface area (Å²) in [6, 6.07) is 14.0. The number of pyridine rings is 1. The fourth-order valence-electron chi connectivity index (χ4n) is 5.54. The number of amides is 2. The lowest BCUT2D eigenvalue weighted by molar-refractivity contribution is -0.131. The van der Waals surface area contributed by atoms with E-state index in [9.17, 15) is 22.4 Å². The Kier molecular flexibility index (Phi) is 7.62. The number of hydrogen-bond donors (Lipinski definition) is 3. The fourth-order valence-corrected chi connectivity index (χ4v) is 7.40. The second-order valence-corrected chi connectivity index (χ2v) is 13.4. The second-order valence-electron chi connectivity index (χ2n) is 11.3. The minimum absolute atomic E-state index is 0.0343. The number of likely N-dealkylation sites (N-methyl/N-ethyl adjacent to an activating group) is 1. The summed E-state index contributed by atoms with van der Waals surface area (Å²) in [5, 5.41) is 6.35. The SMILES string of the molecule is COc1cc2cc(c1)C(Nc1ccc3c(N)ncc(F)c3c1)C(=O)N(C)Cc1cc(ccc1S(=O)(=O)C1CC1)NC(=O)CC2. The first kappa shape index (κ1) is 29.4. The molecule has 10 nitrogen and oxygen atoms in total. The summed E-state index contributed by atoms with van der Waals surface area (Å²) in [7, 11) is -0.492. The molecule has 4 bridgehead atoms. The number of rotatable bonds is 5. The van der Waals surface area contributed by atoms with Crippen LogP contribution >= 0.6 is 0 Å². The van der Waals surface area contributed by atoms with Crippen LogP contribution in [0.1, 0.15) is 42.0 Å². The van der Waals surface area contributed by atoms with E-state index >= 15 is 0 Å². The molecule has 6 rings (SSSR count). The van der Waals surface area contributed by atoms with Crippen LogP contribution in [0.2, 0.25) is 0 Å². The Morgan fingerprint density at radius 2 is 1.84 bits per heavy atom.